The molecule has 0 atom stereocenters. The first-order chi connectivity index (χ1) is 14.4. The Hall–Kier alpha value is -2.19. The molecule has 0 unspecified atom stereocenters. The van der Waals surface area contributed by atoms with E-state index < -0.39 is 3.42 Å². The van der Waals surface area contributed by atoms with Crippen molar-refractivity contribution in [3.8, 4) is 5.75 Å². The van der Waals surface area contributed by atoms with Crippen LogP contribution in [0.1, 0.15) is 13.8 Å². The van der Waals surface area contributed by atoms with Gasteiger partial charge in [0.15, 0.2) is 14.7 Å². The Kier molecular flexibility index (Phi) is 6.24. The first-order valence-electron chi connectivity index (χ1n) is 9.72. The summed E-state index contributed by atoms with van der Waals surface area (Å²) in [4.78, 5) is 15.6. The molecule has 0 radical (unpaired) electrons. The van der Waals surface area contributed by atoms with Gasteiger partial charge >= 0.3 is 5.97 Å². The molecule has 4 nitrogen and oxygen atoms in total. The van der Waals surface area contributed by atoms with Crippen LogP contribution >= 0.6 is 22.6 Å². The Morgan fingerprint density at radius 3 is 2.03 bits per heavy atom. The maximum atomic E-state index is 11.8. The summed E-state index contributed by atoms with van der Waals surface area (Å²) >= 11 is 2.07. The summed E-state index contributed by atoms with van der Waals surface area (Å²) in [5.41, 5.74) is 2.31. The van der Waals surface area contributed by atoms with Crippen LogP contribution in [0.25, 0.3) is 0 Å². The van der Waals surface area contributed by atoms with E-state index in [0.717, 1.165) is 17.1 Å². The fourth-order valence-electron chi connectivity index (χ4n) is 3.15. The average molecular weight is 532 g/mol. The van der Waals surface area contributed by atoms with Gasteiger partial charge in [0.25, 0.3) is 0 Å². The van der Waals surface area contributed by atoms with Gasteiger partial charge in [-0.3, -0.25) is 4.79 Å². The molecule has 0 fully saturated rings. The molecule has 0 bridgehead atoms. The molecule has 4 rings (SSSR count). The Morgan fingerprint density at radius 2 is 1.47 bits per heavy atom. The monoisotopic (exact) mass is 532 g/mol. The summed E-state index contributed by atoms with van der Waals surface area (Å²) < 4.78 is 10.5. The van der Waals surface area contributed by atoms with Crippen molar-refractivity contribution in [2.45, 2.75) is 32.0 Å². The van der Waals surface area contributed by atoms with Gasteiger partial charge in [-0.1, -0.05) is 46.9 Å². The summed E-state index contributed by atoms with van der Waals surface area (Å²) in [5, 5.41) is 3.55. The number of para-hydroxylation sites is 2. The standard InChI is InChI=1S/C24H23INO3S/c1-24(2,25)23(27)29-16-15-28-17-11-13-18(14-12-17)30-21-9-5-3-7-19(21)26-20-8-4-6-10-22(20)30/h3-14,26H,15-16H2,1-2H3/q+1. The average Bonchev–Trinajstić information content (AvgIpc) is 2.74. The predicted octanol–water partition coefficient (Wildman–Crippen LogP) is 5.97. The number of ether oxygens (including phenoxy) is 2. The summed E-state index contributed by atoms with van der Waals surface area (Å²) in [6, 6.07) is 25.1. The minimum atomic E-state index is -0.526. The first kappa shape index (κ1) is 21.1. The minimum absolute atomic E-state index is 0.178. The van der Waals surface area contributed by atoms with Gasteiger partial charge in [0.05, 0.1) is 11.4 Å². The van der Waals surface area contributed by atoms with E-state index in [1.165, 1.54) is 14.7 Å². The van der Waals surface area contributed by atoms with E-state index in [2.05, 4.69) is 88.6 Å². The molecule has 1 N–H and O–H groups in total. The Morgan fingerprint density at radius 1 is 0.900 bits per heavy atom. The molecular formula is C24H23INO3S+. The molecule has 0 aromatic heterocycles. The predicted molar refractivity (Wildman–Crippen MR) is 129 cm³/mol. The zero-order valence-electron chi connectivity index (χ0n) is 16.9. The number of rotatable bonds is 6. The van der Waals surface area contributed by atoms with Gasteiger partial charge in [-0.2, -0.15) is 0 Å². The highest BCUT2D eigenvalue weighted by Crippen LogP contribution is 2.44. The molecule has 0 saturated heterocycles. The summed E-state index contributed by atoms with van der Waals surface area (Å²) in [6.45, 7) is 4.23. The van der Waals surface area contributed by atoms with Crippen molar-refractivity contribution < 1.29 is 14.3 Å². The van der Waals surface area contributed by atoms with Crippen LogP contribution in [0.4, 0.5) is 11.4 Å². The van der Waals surface area contributed by atoms with E-state index >= 15 is 0 Å². The summed E-state index contributed by atoms with van der Waals surface area (Å²) in [7, 11) is -0.178. The lowest BCUT2D eigenvalue weighted by Gasteiger charge is -2.20. The van der Waals surface area contributed by atoms with Crippen LogP contribution in [0.15, 0.2) is 87.5 Å². The van der Waals surface area contributed by atoms with Crippen LogP contribution < -0.4 is 10.1 Å². The van der Waals surface area contributed by atoms with E-state index in [4.69, 9.17) is 9.47 Å². The zero-order valence-corrected chi connectivity index (χ0v) is 19.8. The molecule has 1 heterocycles. The van der Waals surface area contributed by atoms with Gasteiger partial charge in [0.2, 0.25) is 0 Å². The van der Waals surface area contributed by atoms with Crippen LogP contribution in [0.2, 0.25) is 0 Å². The number of alkyl halides is 1. The minimum Gasteiger partial charge on any atom is -0.490 e. The van der Waals surface area contributed by atoms with Crippen molar-refractivity contribution in [3.63, 3.8) is 0 Å². The summed E-state index contributed by atoms with van der Waals surface area (Å²) in [6.07, 6.45) is 0. The van der Waals surface area contributed by atoms with Crippen molar-refractivity contribution >= 4 is 50.8 Å². The van der Waals surface area contributed by atoms with Crippen LogP contribution in [0.3, 0.4) is 0 Å². The van der Waals surface area contributed by atoms with Crippen LogP contribution in [-0.2, 0) is 20.4 Å². The Bertz CT molecular complexity index is 1000. The van der Waals surface area contributed by atoms with Gasteiger partial charge < -0.3 is 14.8 Å². The van der Waals surface area contributed by atoms with E-state index in [-0.39, 0.29) is 23.5 Å². The molecule has 0 spiro atoms. The van der Waals surface area contributed by atoms with E-state index in [1.807, 2.05) is 26.0 Å². The number of anilines is 2. The number of carbonyl (C=O) groups is 1. The lowest BCUT2D eigenvalue weighted by Crippen LogP contribution is -2.28. The van der Waals surface area contributed by atoms with E-state index in [0.29, 0.717) is 6.61 Å². The quantitative estimate of drug-likeness (QED) is 0.109. The number of benzene rings is 3. The summed E-state index contributed by atoms with van der Waals surface area (Å²) in [5.74, 6) is 0.537. The van der Waals surface area contributed by atoms with Crippen molar-refractivity contribution in [3.05, 3.63) is 72.8 Å². The molecule has 1 aliphatic heterocycles. The second-order valence-corrected chi connectivity index (χ2v) is 12.0. The lowest BCUT2D eigenvalue weighted by atomic mass is 10.2. The van der Waals surface area contributed by atoms with Crippen molar-refractivity contribution in [2.24, 2.45) is 0 Å². The highest BCUT2D eigenvalue weighted by atomic mass is 127. The third-order valence-corrected chi connectivity index (χ3v) is 7.39. The fraction of sp³-hybridized carbons (Fsp3) is 0.208. The number of halogens is 1. The van der Waals surface area contributed by atoms with Gasteiger partial charge in [0, 0.05) is 0 Å². The second kappa shape index (κ2) is 8.89. The van der Waals surface area contributed by atoms with E-state index in [9.17, 15) is 4.79 Å². The van der Waals surface area contributed by atoms with Gasteiger partial charge in [-0.25, -0.2) is 0 Å². The number of esters is 1. The van der Waals surface area contributed by atoms with Crippen molar-refractivity contribution in [2.75, 3.05) is 18.5 Å². The SMILES string of the molecule is CC(C)(I)C(=O)OCCOc1ccc([S+]2c3ccccc3Nc3ccccc32)cc1. The molecule has 30 heavy (non-hydrogen) atoms. The lowest BCUT2D eigenvalue weighted by molar-refractivity contribution is -0.145. The molecular weight excluding hydrogens is 509 g/mol. The number of fused-ring (bicyclic) bond motifs is 2. The van der Waals surface area contributed by atoms with Crippen LogP contribution in [0.5, 0.6) is 5.75 Å². The molecule has 0 saturated carbocycles. The Balaban J connectivity index is 1.48. The zero-order chi connectivity index (χ0) is 21.1. The molecule has 3 aromatic carbocycles. The number of hydrogen-bond acceptors (Lipinski definition) is 4. The van der Waals surface area contributed by atoms with Gasteiger partial charge in [0.1, 0.15) is 33.3 Å². The smallest absolute Gasteiger partial charge is 0.321 e. The maximum absolute atomic E-state index is 11.8. The van der Waals surface area contributed by atoms with E-state index in [1.54, 1.807) is 0 Å². The van der Waals surface area contributed by atoms with Crippen LogP contribution in [0, 0.1) is 0 Å². The molecule has 0 aliphatic carbocycles. The first-order valence-corrected chi connectivity index (χ1v) is 12.0. The maximum Gasteiger partial charge on any atom is 0.321 e. The number of nitrogens with one attached hydrogen (secondary N) is 1. The molecule has 1 aliphatic rings. The van der Waals surface area contributed by atoms with Gasteiger partial charge in [-0.15, -0.1) is 0 Å². The largest absolute Gasteiger partial charge is 0.490 e. The second-order valence-electron chi connectivity index (χ2n) is 7.35. The normalized spacial score (nSPS) is 13.0. The van der Waals surface area contributed by atoms with Crippen molar-refractivity contribution in [1.29, 1.82) is 0 Å². The Labute approximate surface area is 193 Å². The highest BCUT2D eigenvalue weighted by molar-refractivity contribution is 14.1. The molecule has 0 amide bonds. The van der Waals surface area contributed by atoms with Crippen LogP contribution in [-0.4, -0.2) is 22.6 Å². The number of hydrogen-bond donors (Lipinski definition) is 1. The third kappa shape index (κ3) is 4.59. The highest BCUT2D eigenvalue weighted by Gasteiger charge is 2.37. The molecule has 154 valence electrons. The number of carbonyl (C=O) groups excluding carboxylic acids is 1. The third-order valence-electron chi connectivity index (χ3n) is 4.61. The molecule has 3 aromatic rings. The molecule has 6 heteroatoms. The van der Waals surface area contributed by atoms with Gasteiger partial charge in [-0.05, 0) is 62.4 Å². The fourth-order valence-corrected chi connectivity index (χ4v) is 5.57. The topological polar surface area (TPSA) is 47.6 Å². The van der Waals surface area contributed by atoms with Crippen molar-refractivity contribution in [1.82, 2.24) is 0 Å².